The van der Waals surface area contributed by atoms with Crippen LogP contribution in [0.3, 0.4) is 0 Å². The Labute approximate surface area is 107 Å². The summed E-state index contributed by atoms with van der Waals surface area (Å²) < 4.78 is 5.52. The molecule has 2 N–H and O–H groups in total. The van der Waals surface area contributed by atoms with E-state index in [4.69, 9.17) is 9.84 Å². The minimum Gasteiger partial charge on any atom is -0.478 e. The van der Waals surface area contributed by atoms with E-state index < -0.39 is 5.97 Å². The first-order chi connectivity index (χ1) is 8.58. The van der Waals surface area contributed by atoms with Crippen LogP contribution in [0.15, 0.2) is 18.2 Å². The zero-order valence-corrected chi connectivity index (χ0v) is 10.8. The molecule has 18 heavy (non-hydrogen) atoms. The fourth-order valence-corrected chi connectivity index (χ4v) is 2.28. The van der Waals surface area contributed by atoms with E-state index in [1.165, 1.54) is 0 Å². The standard InChI is InChI=1S/C14H19NO3/c1-9-7-11(14(16)17)3-4-13(9)15-8-12-5-6-18-10(12)2/h3-4,7,10,12,15H,5-6,8H2,1-2H3,(H,16,17). The van der Waals surface area contributed by atoms with Crippen molar-refractivity contribution in [3.05, 3.63) is 29.3 Å². The summed E-state index contributed by atoms with van der Waals surface area (Å²) in [7, 11) is 0. The molecule has 98 valence electrons. The lowest BCUT2D eigenvalue weighted by molar-refractivity contribution is 0.0697. The fourth-order valence-electron chi connectivity index (χ4n) is 2.28. The molecule has 4 nitrogen and oxygen atoms in total. The third-order valence-electron chi connectivity index (χ3n) is 3.56. The van der Waals surface area contributed by atoms with E-state index in [1.807, 2.05) is 13.0 Å². The van der Waals surface area contributed by atoms with E-state index in [0.29, 0.717) is 17.6 Å². The molecule has 0 saturated carbocycles. The molecule has 1 aromatic rings. The van der Waals surface area contributed by atoms with Gasteiger partial charge in [-0.05, 0) is 44.0 Å². The highest BCUT2D eigenvalue weighted by molar-refractivity contribution is 5.88. The fraction of sp³-hybridized carbons (Fsp3) is 0.500. The van der Waals surface area contributed by atoms with Crippen molar-refractivity contribution in [3.8, 4) is 0 Å². The number of nitrogens with one attached hydrogen (secondary N) is 1. The molecule has 2 atom stereocenters. The average molecular weight is 249 g/mol. The van der Waals surface area contributed by atoms with Gasteiger partial charge in [0.1, 0.15) is 0 Å². The molecular weight excluding hydrogens is 230 g/mol. The molecule has 2 unspecified atom stereocenters. The molecule has 1 fully saturated rings. The van der Waals surface area contributed by atoms with Crippen molar-refractivity contribution < 1.29 is 14.6 Å². The largest absolute Gasteiger partial charge is 0.478 e. The van der Waals surface area contributed by atoms with Gasteiger partial charge < -0.3 is 15.2 Å². The number of carboxylic acids is 1. The molecule has 0 bridgehead atoms. The zero-order valence-electron chi connectivity index (χ0n) is 10.8. The van der Waals surface area contributed by atoms with Gasteiger partial charge in [-0.3, -0.25) is 0 Å². The number of anilines is 1. The summed E-state index contributed by atoms with van der Waals surface area (Å²) in [6, 6.07) is 5.16. The number of aromatic carboxylic acids is 1. The number of carboxylic acid groups (broad SMARTS) is 1. The van der Waals surface area contributed by atoms with E-state index in [-0.39, 0.29) is 0 Å². The van der Waals surface area contributed by atoms with Crippen LogP contribution in [0.25, 0.3) is 0 Å². The highest BCUT2D eigenvalue weighted by Crippen LogP contribution is 2.22. The normalized spacial score (nSPS) is 23.0. The third kappa shape index (κ3) is 2.82. The highest BCUT2D eigenvalue weighted by Gasteiger charge is 2.23. The number of aryl methyl sites for hydroxylation is 1. The van der Waals surface area contributed by atoms with E-state index in [2.05, 4.69) is 12.2 Å². The topological polar surface area (TPSA) is 58.6 Å². The van der Waals surface area contributed by atoms with Gasteiger partial charge in [-0.15, -0.1) is 0 Å². The van der Waals surface area contributed by atoms with E-state index >= 15 is 0 Å². The Bertz CT molecular complexity index is 445. The molecule has 1 aromatic carbocycles. The summed E-state index contributed by atoms with van der Waals surface area (Å²) in [6.45, 7) is 5.72. The summed E-state index contributed by atoms with van der Waals surface area (Å²) >= 11 is 0. The molecule has 0 radical (unpaired) electrons. The summed E-state index contributed by atoms with van der Waals surface area (Å²) in [5.41, 5.74) is 2.29. The molecule has 0 amide bonds. The smallest absolute Gasteiger partial charge is 0.335 e. The SMILES string of the molecule is Cc1cc(C(=O)O)ccc1NCC1CCOC1C. The first-order valence-electron chi connectivity index (χ1n) is 6.27. The van der Waals surface area contributed by atoms with Crippen molar-refractivity contribution in [2.75, 3.05) is 18.5 Å². The lowest BCUT2D eigenvalue weighted by Gasteiger charge is -2.17. The van der Waals surface area contributed by atoms with Crippen LogP contribution in [-0.2, 0) is 4.74 Å². The van der Waals surface area contributed by atoms with E-state index in [0.717, 1.165) is 30.8 Å². The van der Waals surface area contributed by atoms with Gasteiger partial charge >= 0.3 is 5.97 Å². The van der Waals surface area contributed by atoms with Crippen LogP contribution in [0.2, 0.25) is 0 Å². The molecule has 0 spiro atoms. The van der Waals surface area contributed by atoms with Crippen molar-refractivity contribution in [3.63, 3.8) is 0 Å². The van der Waals surface area contributed by atoms with Gasteiger partial charge in [0.15, 0.2) is 0 Å². The molecule has 4 heteroatoms. The van der Waals surface area contributed by atoms with Crippen molar-refractivity contribution >= 4 is 11.7 Å². The molecule has 1 aliphatic heterocycles. The molecule has 1 heterocycles. The second kappa shape index (κ2) is 5.40. The van der Waals surface area contributed by atoms with Gasteiger partial charge in [0, 0.05) is 24.8 Å². The lowest BCUT2D eigenvalue weighted by atomic mass is 10.0. The first kappa shape index (κ1) is 12.9. The van der Waals surface area contributed by atoms with Crippen molar-refractivity contribution in [2.24, 2.45) is 5.92 Å². The van der Waals surface area contributed by atoms with Gasteiger partial charge in [-0.1, -0.05) is 0 Å². The molecule has 2 rings (SSSR count). The predicted octanol–water partition coefficient (Wildman–Crippen LogP) is 2.53. The molecule has 0 aromatic heterocycles. The summed E-state index contributed by atoms with van der Waals surface area (Å²) in [6.07, 6.45) is 1.39. The summed E-state index contributed by atoms with van der Waals surface area (Å²) in [5.74, 6) is -0.356. The van der Waals surface area contributed by atoms with Gasteiger partial charge in [0.05, 0.1) is 11.7 Å². The van der Waals surface area contributed by atoms with E-state index in [1.54, 1.807) is 12.1 Å². The minimum absolute atomic E-state index is 0.302. The summed E-state index contributed by atoms with van der Waals surface area (Å²) in [4.78, 5) is 10.8. The number of hydrogen-bond acceptors (Lipinski definition) is 3. The minimum atomic E-state index is -0.887. The van der Waals surface area contributed by atoms with E-state index in [9.17, 15) is 4.79 Å². The molecule has 1 saturated heterocycles. The van der Waals surface area contributed by atoms with Crippen molar-refractivity contribution in [1.29, 1.82) is 0 Å². The van der Waals surface area contributed by atoms with Gasteiger partial charge in [0.25, 0.3) is 0 Å². The van der Waals surface area contributed by atoms with Gasteiger partial charge in [0.2, 0.25) is 0 Å². The van der Waals surface area contributed by atoms with Gasteiger partial charge in [-0.25, -0.2) is 4.79 Å². The van der Waals surface area contributed by atoms with Crippen LogP contribution >= 0.6 is 0 Å². The molecular formula is C14H19NO3. The second-order valence-electron chi connectivity index (χ2n) is 4.84. The van der Waals surface area contributed by atoms with Crippen LogP contribution in [0.1, 0.15) is 29.3 Å². The van der Waals surface area contributed by atoms with Crippen LogP contribution in [0.4, 0.5) is 5.69 Å². The van der Waals surface area contributed by atoms with Crippen LogP contribution in [-0.4, -0.2) is 30.3 Å². The summed E-state index contributed by atoms with van der Waals surface area (Å²) in [5, 5.41) is 12.3. The maximum atomic E-state index is 10.8. The maximum absolute atomic E-state index is 10.8. The second-order valence-corrected chi connectivity index (χ2v) is 4.84. The van der Waals surface area contributed by atoms with Gasteiger partial charge in [-0.2, -0.15) is 0 Å². The predicted molar refractivity (Wildman–Crippen MR) is 70.1 cm³/mol. The van der Waals surface area contributed by atoms with Crippen LogP contribution < -0.4 is 5.32 Å². The Morgan fingerprint density at radius 2 is 2.33 bits per heavy atom. The van der Waals surface area contributed by atoms with Crippen molar-refractivity contribution in [2.45, 2.75) is 26.4 Å². The highest BCUT2D eigenvalue weighted by atomic mass is 16.5. The third-order valence-corrected chi connectivity index (χ3v) is 3.56. The Balaban J connectivity index is 1.99. The number of rotatable bonds is 4. The number of benzene rings is 1. The first-order valence-corrected chi connectivity index (χ1v) is 6.27. The van der Waals surface area contributed by atoms with Crippen LogP contribution in [0.5, 0.6) is 0 Å². The maximum Gasteiger partial charge on any atom is 0.335 e. The lowest BCUT2D eigenvalue weighted by Crippen LogP contribution is -2.21. The number of carbonyl (C=O) groups is 1. The quantitative estimate of drug-likeness (QED) is 0.861. The number of ether oxygens (including phenoxy) is 1. The Morgan fingerprint density at radius 3 is 2.89 bits per heavy atom. The Kier molecular flexibility index (Phi) is 3.87. The van der Waals surface area contributed by atoms with Crippen LogP contribution in [0, 0.1) is 12.8 Å². The Hall–Kier alpha value is -1.55. The zero-order chi connectivity index (χ0) is 13.1. The Morgan fingerprint density at radius 1 is 1.56 bits per heavy atom. The number of hydrogen-bond donors (Lipinski definition) is 2. The molecule has 1 aliphatic rings. The van der Waals surface area contributed by atoms with Crippen molar-refractivity contribution in [1.82, 2.24) is 0 Å². The molecule has 0 aliphatic carbocycles. The average Bonchev–Trinajstić information content (AvgIpc) is 2.73. The monoisotopic (exact) mass is 249 g/mol.